The minimum Gasteiger partial charge on any atom is -0.480 e. The van der Waals surface area contributed by atoms with Crippen LogP contribution in [0.25, 0.3) is 10.9 Å². The molecular formula is C21H28N4O4. The Balaban J connectivity index is 1.81. The van der Waals surface area contributed by atoms with Crippen molar-refractivity contribution in [2.75, 3.05) is 6.54 Å². The molecule has 29 heavy (non-hydrogen) atoms. The van der Waals surface area contributed by atoms with E-state index in [9.17, 15) is 19.5 Å². The second kappa shape index (κ2) is 9.09. The van der Waals surface area contributed by atoms with Crippen LogP contribution in [0.1, 0.15) is 32.3 Å². The summed E-state index contributed by atoms with van der Waals surface area (Å²) >= 11 is 0. The van der Waals surface area contributed by atoms with Crippen molar-refractivity contribution in [2.45, 2.75) is 51.2 Å². The maximum atomic E-state index is 13.0. The Morgan fingerprint density at radius 3 is 2.62 bits per heavy atom. The number of aromatic amines is 1. The average Bonchev–Trinajstić information content (AvgIpc) is 3.35. The van der Waals surface area contributed by atoms with Gasteiger partial charge in [0.05, 0.1) is 6.04 Å². The van der Waals surface area contributed by atoms with Gasteiger partial charge in [-0.3, -0.25) is 9.59 Å². The Kier molecular flexibility index (Phi) is 6.53. The maximum absolute atomic E-state index is 13.0. The molecule has 0 radical (unpaired) electrons. The SMILES string of the molecule is CC(C)C(NC(=O)C(Cc1c[nH]c2ccccc12)NC(=O)C1CCCN1)C(=O)O. The summed E-state index contributed by atoms with van der Waals surface area (Å²) in [7, 11) is 0. The molecule has 8 nitrogen and oxygen atoms in total. The molecule has 1 saturated heterocycles. The number of aliphatic carboxylic acids is 1. The molecule has 2 heterocycles. The highest BCUT2D eigenvalue weighted by Crippen LogP contribution is 2.19. The minimum absolute atomic E-state index is 0.237. The van der Waals surface area contributed by atoms with Gasteiger partial charge in [0, 0.05) is 23.5 Å². The van der Waals surface area contributed by atoms with E-state index in [1.807, 2.05) is 30.5 Å². The number of benzene rings is 1. The summed E-state index contributed by atoms with van der Waals surface area (Å²) in [6, 6.07) is 5.50. The van der Waals surface area contributed by atoms with Crippen molar-refractivity contribution < 1.29 is 19.5 Å². The average molecular weight is 400 g/mol. The van der Waals surface area contributed by atoms with Crippen LogP contribution in [0.2, 0.25) is 0 Å². The lowest BCUT2D eigenvalue weighted by Crippen LogP contribution is -2.56. The lowest BCUT2D eigenvalue weighted by atomic mass is 10.0. The first-order valence-corrected chi connectivity index (χ1v) is 9.98. The molecule has 2 aromatic rings. The third-order valence-electron chi connectivity index (χ3n) is 5.34. The molecule has 1 aromatic heterocycles. The Hall–Kier alpha value is -2.87. The molecule has 3 rings (SSSR count). The molecule has 2 amide bonds. The molecule has 5 N–H and O–H groups in total. The number of hydrogen-bond acceptors (Lipinski definition) is 4. The van der Waals surface area contributed by atoms with E-state index in [1.54, 1.807) is 13.8 Å². The number of amides is 2. The van der Waals surface area contributed by atoms with E-state index in [0.29, 0.717) is 0 Å². The molecule has 3 atom stereocenters. The third kappa shape index (κ3) is 4.95. The number of carbonyl (C=O) groups is 3. The normalized spacial score (nSPS) is 18.5. The number of para-hydroxylation sites is 1. The summed E-state index contributed by atoms with van der Waals surface area (Å²) < 4.78 is 0. The van der Waals surface area contributed by atoms with Crippen LogP contribution in [0.3, 0.4) is 0 Å². The Morgan fingerprint density at radius 2 is 1.97 bits per heavy atom. The summed E-state index contributed by atoms with van der Waals surface area (Å²) in [6.07, 6.45) is 3.71. The van der Waals surface area contributed by atoms with Gasteiger partial charge in [-0.15, -0.1) is 0 Å². The summed E-state index contributed by atoms with van der Waals surface area (Å²) in [5, 5.41) is 18.9. The van der Waals surface area contributed by atoms with Crippen LogP contribution < -0.4 is 16.0 Å². The van der Waals surface area contributed by atoms with Crippen LogP contribution in [-0.4, -0.2) is 52.5 Å². The Bertz CT molecular complexity index is 886. The maximum Gasteiger partial charge on any atom is 0.326 e. The highest BCUT2D eigenvalue weighted by Gasteiger charge is 2.31. The second-order valence-electron chi connectivity index (χ2n) is 7.84. The van der Waals surface area contributed by atoms with Crippen LogP contribution >= 0.6 is 0 Å². The number of carbonyl (C=O) groups excluding carboxylic acids is 2. The van der Waals surface area contributed by atoms with Gasteiger partial charge < -0.3 is 26.0 Å². The molecule has 1 aromatic carbocycles. The molecule has 1 aliphatic rings. The molecule has 0 spiro atoms. The number of rotatable bonds is 8. The van der Waals surface area contributed by atoms with Crippen molar-refractivity contribution in [1.29, 1.82) is 0 Å². The van der Waals surface area contributed by atoms with E-state index in [2.05, 4.69) is 20.9 Å². The number of H-pyrrole nitrogens is 1. The highest BCUT2D eigenvalue weighted by atomic mass is 16.4. The number of hydrogen-bond donors (Lipinski definition) is 5. The van der Waals surface area contributed by atoms with E-state index in [4.69, 9.17) is 0 Å². The zero-order chi connectivity index (χ0) is 21.0. The number of fused-ring (bicyclic) bond motifs is 1. The molecule has 3 unspecified atom stereocenters. The zero-order valence-corrected chi connectivity index (χ0v) is 16.7. The molecule has 8 heteroatoms. The van der Waals surface area contributed by atoms with E-state index in [1.165, 1.54) is 0 Å². The van der Waals surface area contributed by atoms with Crippen LogP contribution in [0.5, 0.6) is 0 Å². The van der Waals surface area contributed by atoms with Gasteiger partial charge in [-0.1, -0.05) is 32.0 Å². The number of carboxylic acids is 1. The fourth-order valence-corrected chi connectivity index (χ4v) is 3.68. The van der Waals surface area contributed by atoms with Gasteiger partial charge >= 0.3 is 5.97 Å². The molecule has 1 aliphatic heterocycles. The summed E-state index contributed by atoms with van der Waals surface area (Å²) in [5.41, 5.74) is 1.83. The zero-order valence-electron chi connectivity index (χ0n) is 16.7. The predicted octanol–water partition coefficient (Wildman–Crippen LogP) is 1.17. The standard InChI is InChI=1S/C21H28N4O4/c1-12(2)18(21(28)29)25-20(27)17(24-19(26)16-8-5-9-22-16)10-13-11-23-15-7-4-3-6-14(13)15/h3-4,6-7,11-12,16-18,22-23H,5,8-10H2,1-2H3,(H,24,26)(H,25,27)(H,28,29). The second-order valence-corrected chi connectivity index (χ2v) is 7.84. The topological polar surface area (TPSA) is 123 Å². The first kappa shape index (κ1) is 20.9. The molecule has 0 aliphatic carbocycles. The number of aromatic nitrogens is 1. The van der Waals surface area contributed by atoms with Gasteiger partial charge in [0.25, 0.3) is 0 Å². The molecule has 1 fully saturated rings. The van der Waals surface area contributed by atoms with Crippen molar-refractivity contribution in [2.24, 2.45) is 5.92 Å². The summed E-state index contributed by atoms with van der Waals surface area (Å²) in [6.45, 7) is 4.23. The Labute approximate surface area is 169 Å². The predicted molar refractivity (Wildman–Crippen MR) is 109 cm³/mol. The number of carboxylic acid groups (broad SMARTS) is 1. The van der Waals surface area contributed by atoms with Gasteiger partial charge in [-0.25, -0.2) is 4.79 Å². The van der Waals surface area contributed by atoms with Crippen LogP contribution in [0.15, 0.2) is 30.5 Å². The van der Waals surface area contributed by atoms with Gasteiger partial charge in [0.2, 0.25) is 11.8 Å². The minimum atomic E-state index is -1.09. The van der Waals surface area contributed by atoms with Crippen molar-refractivity contribution in [1.82, 2.24) is 20.9 Å². The lowest BCUT2D eigenvalue weighted by molar-refractivity contribution is -0.143. The van der Waals surface area contributed by atoms with Gasteiger partial charge in [-0.05, 0) is 36.9 Å². The van der Waals surface area contributed by atoms with Gasteiger partial charge in [0.1, 0.15) is 12.1 Å². The van der Waals surface area contributed by atoms with Crippen molar-refractivity contribution in [3.8, 4) is 0 Å². The number of nitrogens with one attached hydrogen (secondary N) is 4. The fraction of sp³-hybridized carbons (Fsp3) is 0.476. The molecule has 0 saturated carbocycles. The van der Waals surface area contributed by atoms with E-state index >= 15 is 0 Å². The highest BCUT2D eigenvalue weighted by molar-refractivity contribution is 5.93. The molecular weight excluding hydrogens is 372 g/mol. The Morgan fingerprint density at radius 1 is 1.21 bits per heavy atom. The molecule has 156 valence electrons. The quantitative estimate of drug-likeness (QED) is 0.455. The van der Waals surface area contributed by atoms with Crippen LogP contribution in [0.4, 0.5) is 0 Å². The van der Waals surface area contributed by atoms with Crippen LogP contribution in [0, 0.1) is 5.92 Å². The fourth-order valence-electron chi connectivity index (χ4n) is 3.68. The van der Waals surface area contributed by atoms with Crippen molar-refractivity contribution in [3.63, 3.8) is 0 Å². The van der Waals surface area contributed by atoms with Crippen molar-refractivity contribution in [3.05, 3.63) is 36.0 Å². The molecule has 0 bridgehead atoms. The lowest BCUT2D eigenvalue weighted by Gasteiger charge is -2.24. The largest absolute Gasteiger partial charge is 0.480 e. The van der Waals surface area contributed by atoms with E-state index in [-0.39, 0.29) is 24.3 Å². The van der Waals surface area contributed by atoms with Crippen LogP contribution in [-0.2, 0) is 20.8 Å². The van der Waals surface area contributed by atoms with E-state index < -0.39 is 24.0 Å². The first-order chi connectivity index (χ1) is 13.9. The monoisotopic (exact) mass is 400 g/mol. The first-order valence-electron chi connectivity index (χ1n) is 9.98. The van der Waals surface area contributed by atoms with Gasteiger partial charge in [-0.2, -0.15) is 0 Å². The smallest absolute Gasteiger partial charge is 0.326 e. The summed E-state index contributed by atoms with van der Waals surface area (Å²) in [4.78, 5) is 40.3. The third-order valence-corrected chi connectivity index (χ3v) is 5.34. The van der Waals surface area contributed by atoms with E-state index in [0.717, 1.165) is 35.9 Å². The summed E-state index contributed by atoms with van der Waals surface area (Å²) in [5.74, 6) is -2.11. The van der Waals surface area contributed by atoms with Crippen molar-refractivity contribution >= 4 is 28.7 Å². The van der Waals surface area contributed by atoms with Gasteiger partial charge in [0.15, 0.2) is 0 Å².